The summed E-state index contributed by atoms with van der Waals surface area (Å²) in [7, 11) is 0. The molecule has 0 unspecified atom stereocenters. The third kappa shape index (κ3) is 5.31. The summed E-state index contributed by atoms with van der Waals surface area (Å²) >= 11 is 6.79. The highest BCUT2D eigenvalue weighted by atomic mass is 35.5. The predicted octanol–water partition coefficient (Wildman–Crippen LogP) is 6.36. The van der Waals surface area contributed by atoms with E-state index in [-0.39, 0.29) is 11.4 Å². The molecule has 0 atom stereocenters. The first kappa shape index (κ1) is 23.1. The van der Waals surface area contributed by atoms with Gasteiger partial charge in [0.2, 0.25) is 5.91 Å². The Morgan fingerprint density at radius 3 is 2.61 bits per heavy atom. The summed E-state index contributed by atoms with van der Waals surface area (Å²) in [6, 6.07) is 13.3. The molecule has 2 aromatic carbocycles. The largest absolute Gasteiger partial charge is 0.417 e. The van der Waals surface area contributed by atoms with Gasteiger partial charge in [0.05, 0.1) is 27.5 Å². The topological polar surface area (TPSA) is 59.3 Å². The number of alkyl halides is 3. The molecule has 1 amide bonds. The molecule has 1 N–H and O–H groups in total. The van der Waals surface area contributed by atoms with Gasteiger partial charge in [-0.1, -0.05) is 54.6 Å². The molecule has 2 aromatic heterocycles. The summed E-state index contributed by atoms with van der Waals surface area (Å²) in [4.78, 5) is 16.7. The van der Waals surface area contributed by atoms with Crippen molar-refractivity contribution in [3.63, 3.8) is 0 Å². The van der Waals surface area contributed by atoms with Crippen LogP contribution < -0.4 is 5.32 Å². The highest BCUT2D eigenvalue weighted by molar-refractivity contribution is 8.00. The molecular weight excluding hydrogens is 473 g/mol. The van der Waals surface area contributed by atoms with Gasteiger partial charge in [0, 0.05) is 23.6 Å². The first-order valence-electron chi connectivity index (χ1n) is 9.97. The molecule has 0 fully saturated rings. The minimum atomic E-state index is -4.61. The minimum absolute atomic E-state index is 0.0191. The summed E-state index contributed by atoms with van der Waals surface area (Å²) in [5.74, 6) is -0.503. The molecule has 0 aliphatic rings. The molecule has 2 heterocycles. The number of halogens is 4. The van der Waals surface area contributed by atoms with E-state index in [0.717, 1.165) is 35.3 Å². The maximum Gasteiger partial charge on any atom is 0.417 e. The molecule has 4 rings (SSSR count). The van der Waals surface area contributed by atoms with Gasteiger partial charge in [-0.05, 0) is 36.2 Å². The number of carbonyl (C=O) groups is 1. The van der Waals surface area contributed by atoms with Crippen molar-refractivity contribution >= 4 is 40.5 Å². The van der Waals surface area contributed by atoms with Crippen LogP contribution in [0, 0.1) is 0 Å². The Balaban J connectivity index is 1.48. The molecule has 0 radical (unpaired) electrons. The number of aryl methyl sites for hydroxylation is 1. The van der Waals surface area contributed by atoms with Gasteiger partial charge in [0.1, 0.15) is 5.03 Å². The molecular formula is C23H18ClF3N4OS. The van der Waals surface area contributed by atoms with Crippen LogP contribution in [0.5, 0.6) is 0 Å². The van der Waals surface area contributed by atoms with Gasteiger partial charge in [-0.2, -0.15) is 18.3 Å². The summed E-state index contributed by atoms with van der Waals surface area (Å²) in [6.45, 7) is 2.09. The summed E-state index contributed by atoms with van der Waals surface area (Å²) in [5.41, 5.74) is 2.72. The monoisotopic (exact) mass is 490 g/mol. The van der Waals surface area contributed by atoms with Crippen LogP contribution in [-0.2, 0) is 17.4 Å². The average molecular weight is 491 g/mol. The van der Waals surface area contributed by atoms with Gasteiger partial charge in [-0.15, -0.1) is 0 Å². The molecule has 0 aliphatic carbocycles. The lowest BCUT2D eigenvalue weighted by molar-refractivity contribution is -0.137. The zero-order valence-corrected chi connectivity index (χ0v) is 18.9. The molecule has 0 spiro atoms. The zero-order chi connectivity index (χ0) is 23.6. The normalized spacial score (nSPS) is 11.7. The van der Waals surface area contributed by atoms with Crippen molar-refractivity contribution in [2.75, 3.05) is 11.1 Å². The van der Waals surface area contributed by atoms with Crippen LogP contribution in [0.15, 0.2) is 66.0 Å². The number of thioether (sulfide) groups is 1. The lowest BCUT2D eigenvalue weighted by Crippen LogP contribution is -2.15. The van der Waals surface area contributed by atoms with E-state index in [1.54, 1.807) is 16.9 Å². The van der Waals surface area contributed by atoms with E-state index in [4.69, 9.17) is 11.6 Å². The van der Waals surface area contributed by atoms with Gasteiger partial charge < -0.3 is 5.32 Å². The number of anilines is 1. The molecule has 4 aromatic rings. The maximum atomic E-state index is 13.0. The average Bonchev–Trinajstić information content (AvgIpc) is 3.23. The first-order valence-corrected chi connectivity index (χ1v) is 11.3. The molecule has 10 heteroatoms. The van der Waals surface area contributed by atoms with Crippen molar-refractivity contribution < 1.29 is 18.0 Å². The molecule has 0 aliphatic heterocycles. The van der Waals surface area contributed by atoms with Gasteiger partial charge in [0.25, 0.3) is 0 Å². The fraction of sp³-hybridized carbons (Fsp3) is 0.174. The van der Waals surface area contributed by atoms with E-state index in [9.17, 15) is 18.0 Å². The number of nitrogens with one attached hydrogen (secondary N) is 1. The van der Waals surface area contributed by atoms with Gasteiger partial charge in [0.15, 0.2) is 0 Å². The number of hydrogen-bond donors (Lipinski definition) is 1. The maximum absolute atomic E-state index is 13.0. The first-order chi connectivity index (χ1) is 15.7. The van der Waals surface area contributed by atoms with Crippen LogP contribution in [0.3, 0.4) is 0 Å². The quantitative estimate of drug-likeness (QED) is 0.319. The molecule has 0 saturated carbocycles. The van der Waals surface area contributed by atoms with E-state index < -0.39 is 22.7 Å². The third-order valence-corrected chi connectivity index (χ3v) is 6.23. The van der Waals surface area contributed by atoms with Gasteiger partial charge in [-0.25, -0.2) is 9.50 Å². The number of nitrogens with zero attached hydrogens (tertiary/aromatic N) is 3. The zero-order valence-electron chi connectivity index (χ0n) is 17.4. The van der Waals surface area contributed by atoms with E-state index in [0.29, 0.717) is 5.03 Å². The number of amides is 1. The lowest BCUT2D eigenvalue weighted by Gasteiger charge is -2.11. The van der Waals surface area contributed by atoms with Crippen LogP contribution in [0.2, 0.25) is 5.02 Å². The second-order valence-electron chi connectivity index (χ2n) is 7.17. The van der Waals surface area contributed by atoms with Crippen molar-refractivity contribution in [3.8, 4) is 11.3 Å². The number of carbonyl (C=O) groups excluding carboxylic acids is 1. The van der Waals surface area contributed by atoms with Crippen molar-refractivity contribution in [1.29, 1.82) is 0 Å². The molecule has 170 valence electrons. The van der Waals surface area contributed by atoms with Crippen LogP contribution in [0.25, 0.3) is 16.8 Å². The second kappa shape index (κ2) is 9.44. The SMILES string of the molecule is CCc1ccc(-c2cc3c(SCC(=O)Nc4ccc(Cl)c(C(F)(F)F)c4)nccn3n2)cc1. The standard InChI is InChI=1S/C23H18ClF3N4OS/c1-2-14-3-5-15(6-4-14)19-12-20-22(28-9-10-31(20)30-19)33-13-21(32)29-16-7-8-18(24)17(11-16)23(25,26)27/h3-12H,2,13H2,1H3,(H,29,32). The van der Waals surface area contributed by atoms with Crippen LogP contribution in [-0.4, -0.2) is 26.3 Å². The molecule has 0 saturated heterocycles. The van der Waals surface area contributed by atoms with Crippen LogP contribution in [0.1, 0.15) is 18.1 Å². The Labute approximate surface area is 197 Å². The van der Waals surface area contributed by atoms with Crippen LogP contribution >= 0.6 is 23.4 Å². The van der Waals surface area contributed by atoms with Crippen molar-refractivity contribution in [3.05, 3.63) is 77.1 Å². The molecule has 33 heavy (non-hydrogen) atoms. The third-order valence-electron chi connectivity index (χ3n) is 4.91. The van der Waals surface area contributed by atoms with Gasteiger partial charge >= 0.3 is 6.18 Å². The fourth-order valence-electron chi connectivity index (χ4n) is 3.21. The Kier molecular flexibility index (Phi) is 6.62. The smallest absolute Gasteiger partial charge is 0.325 e. The minimum Gasteiger partial charge on any atom is -0.325 e. The Hall–Kier alpha value is -3.04. The van der Waals surface area contributed by atoms with E-state index in [2.05, 4.69) is 34.5 Å². The highest BCUT2D eigenvalue weighted by Gasteiger charge is 2.33. The fourth-order valence-corrected chi connectivity index (χ4v) is 4.21. The predicted molar refractivity (Wildman–Crippen MR) is 124 cm³/mol. The summed E-state index contributed by atoms with van der Waals surface area (Å²) in [5, 5.41) is 7.21. The number of aromatic nitrogens is 3. The number of hydrogen-bond acceptors (Lipinski definition) is 4. The van der Waals surface area contributed by atoms with Crippen molar-refractivity contribution in [2.45, 2.75) is 24.5 Å². The highest BCUT2D eigenvalue weighted by Crippen LogP contribution is 2.36. The van der Waals surface area contributed by atoms with Crippen LogP contribution in [0.4, 0.5) is 18.9 Å². The van der Waals surface area contributed by atoms with E-state index in [1.165, 1.54) is 23.4 Å². The summed E-state index contributed by atoms with van der Waals surface area (Å²) in [6.07, 6.45) is -0.358. The van der Waals surface area contributed by atoms with Crippen molar-refractivity contribution in [1.82, 2.24) is 14.6 Å². The Morgan fingerprint density at radius 2 is 1.91 bits per heavy atom. The second-order valence-corrected chi connectivity index (χ2v) is 8.54. The van der Waals surface area contributed by atoms with Gasteiger partial charge in [-0.3, -0.25) is 4.79 Å². The number of benzene rings is 2. The number of rotatable bonds is 6. The summed E-state index contributed by atoms with van der Waals surface area (Å²) < 4.78 is 40.8. The van der Waals surface area contributed by atoms with E-state index >= 15 is 0 Å². The lowest BCUT2D eigenvalue weighted by atomic mass is 10.1. The Bertz CT molecular complexity index is 1310. The van der Waals surface area contributed by atoms with E-state index in [1.807, 2.05) is 18.2 Å². The molecule has 0 bridgehead atoms. The Morgan fingerprint density at radius 1 is 1.15 bits per heavy atom. The van der Waals surface area contributed by atoms with Crippen molar-refractivity contribution in [2.24, 2.45) is 0 Å². The molecule has 5 nitrogen and oxygen atoms in total. The number of fused-ring (bicyclic) bond motifs is 1.